The number of hydrogen-bond donors (Lipinski definition) is 1. The van der Waals surface area contributed by atoms with E-state index in [1.807, 2.05) is 36.6 Å². The number of fused-ring (bicyclic) bond motifs is 1. The van der Waals surface area contributed by atoms with Gasteiger partial charge >= 0.3 is 0 Å². The molecule has 1 aromatic carbocycles. The summed E-state index contributed by atoms with van der Waals surface area (Å²) in [5, 5.41) is 3.20. The largest absolute Gasteiger partial charge is 0.481 e. The van der Waals surface area contributed by atoms with Crippen LogP contribution in [-0.2, 0) is 6.42 Å². The molecule has 0 radical (unpaired) electrons. The SMILES string of the molecule is CCc1ccc(C(CCNC)Oc2cccc3c2OCO3)s1. The van der Waals surface area contributed by atoms with Gasteiger partial charge in [0.15, 0.2) is 11.5 Å². The van der Waals surface area contributed by atoms with Crippen molar-refractivity contribution in [1.82, 2.24) is 5.32 Å². The van der Waals surface area contributed by atoms with Gasteiger partial charge in [-0.3, -0.25) is 0 Å². The first-order valence-corrected chi connectivity index (χ1v) is 8.42. The molecule has 0 bridgehead atoms. The molecule has 1 unspecified atom stereocenters. The van der Waals surface area contributed by atoms with E-state index in [1.165, 1.54) is 9.75 Å². The van der Waals surface area contributed by atoms with Crippen molar-refractivity contribution in [2.24, 2.45) is 0 Å². The number of hydrogen-bond acceptors (Lipinski definition) is 5. The molecule has 4 nitrogen and oxygen atoms in total. The molecular formula is C17H21NO3S. The van der Waals surface area contributed by atoms with Crippen LogP contribution in [0.25, 0.3) is 0 Å². The van der Waals surface area contributed by atoms with Crippen LogP contribution in [0, 0.1) is 0 Å². The van der Waals surface area contributed by atoms with Gasteiger partial charge in [-0.05, 0) is 44.3 Å². The topological polar surface area (TPSA) is 39.7 Å². The van der Waals surface area contributed by atoms with Crippen LogP contribution in [0.4, 0.5) is 0 Å². The highest BCUT2D eigenvalue weighted by Gasteiger charge is 2.22. The zero-order valence-corrected chi connectivity index (χ0v) is 13.7. The minimum atomic E-state index is 0.0217. The van der Waals surface area contributed by atoms with Crippen LogP contribution >= 0.6 is 11.3 Å². The fourth-order valence-electron chi connectivity index (χ4n) is 2.44. The van der Waals surface area contributed by atoms with Crippen LogP contribution in [-0.4, -0.2) is 20.4 Å². The number of rotatable bonds is 7. The molecule has 0 saturated carbocycles. The molecule has 1 N–H and O–H groups in total. The van der Waals surface area contributed by atoms with E-state index >= 15 is 0 Å². The molecule has 22 heavy (non-hydrogen) atoms. The highest BCUT2D eigenvalue weighted by Crippen LogP contribution is 2.43. The maximum Gasteiger partial charge on any atom is 0.231 e. The number of para-hydroxylation sites is 1. The maximum absolute atomic E-state index is 6.27. The zero-order chi connectivity index (χ0) is 15.4. The molecule has 5 heteroatoms. The first-order chi connectivity index (χ1) is 10.8. The Morgan fingerprint density at radius 1 is 1.27 bits per heavy atom. The third kappa shape index (κ3) is 3.20. The molecule has 2 heterocycles. The van der Waals surface area contributed by atoms with E-state index in [1.54, 1.807) is 0 Å². The Bertz CT molecular complexity index is 626. The Kier molecular flexibility index (Phi) is 4.85. The van der Waals surface area contributed by atoms with Crippen LogP contribution in [0.5, 0.6) is 17.2 Å². The van der Waals surface area contributed by atoms with Crippen molar-refractivity contribution in [1.29, 1.82) is 0 Å². The summed E-state index contributed by atoms with van der Waals surface area (Å²) in [6, 6.07) is 10.1. The predicted molar refractivity (Wildman–Crippen MR) is 88.2 cm³/mol. The molecule has 2 aromatic rings. The van der Waals surface area contributed by atoms with E-state index in [0.717, 1.165) is 30.9 Å². The van der Waals surface area contributed by atoms with Gasteiger partial charge in [-0.1, -0.05) is 13.0 Å². The van der Waals surface area contributed by atoms with Crippen molar-refractivity contribution in [2.75, 3.05) is 20.4 Å². The Hall–Kier alpha value is -1.72. The van der Waals surface area contributed by atoms with Crippen LogP contribution in [0.2, 0.25) is 0 Å². The van der Waals surface area contributed by atoms with Crippen molar-refractivity contribution in [3.63, 3.8) is 0 Å². The second kappa shape index (κ2) is 7.03. The van der Waals surface area contributed by atoms with Crippen molar-refractivity contribution >= 4 is 11.3 Å². The smallest absolute Gasteiger partial charge is 0.231 e. The van der Waals surface area contributed by atoms with Crippen molar-refractivity contribution in [2.45, 2.75) is 25.9 Å². The van der Waals surface area contributed by atoms with Crippen LogP contribution in [0.1, 0.15) is 29.2 Å². The maximum atomic E-state index is 6.27. The van der Waals surface area contributed by atoms with E-state index in [4.69, 9.17) is 14.2 Å². The molecule has 0 spiro atoms. The molecule has 0 amide bonds. The third-order valence-electron chi connectivity index (χ3n) is 3.63. The van der Waals surface area contributed by atoms with Crippen molar-refractivity contribution < 1.29 is 14.2 Å². The van der Waals surface area contributed by atoms with Gasteiger partial charge in [-0.15, -0.1) is 11.3 Å². The Labute approximate surface area is 135 Å². The lowest BCUT2D eigenvalue weighted by Crippen LogP contribution is -2.15. The summed E-state index contributed by atoms with van der Waals surface area (Å²) in [7, 11) is 1.96. The van der Waals surface area contributed by atoms with Gasteiger partial charge < -0.3 is 19.5 Å². The first kappa shape index (κ1) is 15.2. The number of thiophene rings is 1. The second-order valence-electron chi connectivity index (χ2n) is 5.15. The van der Waals surface area contributed by atoms with Gasteiger partial charge in [0.05, 0.1) is 0 Å². The molecule has 1 aliphatic rings. The normalized spacial score (nSPS) is 14.1. The summed E-state index contributed by atoms with van der Waals surface area (Å²) in [5.74, 6) is 2.22. The highest BCUT2D eigenvalue weighted by atomic mass is 32.1. The lowest BCUT2D eigenvalue weighted by molar-refractivity contribution is 0.159. The van der Waals surface area contributed by atoms with E-state index in [0.29, 0.717) is 5.75 Å². The Balaban J connectivity index is 1.82. The first-order valence-electron chi connectivity index (χ1n) is 7.60. The van der Waals surface area contributed by atoms with Crippen molar-refractivity contribution in [3.8, 4) is 17.2 Å². The molecule has 1 aromatic heterocycles. The van der Waals surface area contributed by atoms with E-state index in [9.17, 15) is 0 Å². The second-order valence-corrected chi connectivity index (χ2v) is 6.35. The number of ether oxygens (including phenoxy) is 3. The molecule has 3 rings (SSSR count). The fraction of sp³-hybridized carbons (Fsp3) is 0.412. The fourth-order valence-corrected chi connectivity index (χ4v) is 3.46. The summed E-state index contributed by atoms with van der Waals surface area (Å²) in [4.78, 5) is 2.63. The van der Waals surface area contributed by atoms with Gasteiger partial charge in [0.1, 0.15) is 6.10 Å². The third-order valence-corrected chi connectivity index (χ3v) is 4.96. The summed E-state index contributed by atoms with van der Waals surface area (Å²) in [6.45, 7) is 3.33. The van der Waals surface area contributed by atoms with Gasteiger partial charge in [-0.25, -0.2) is 0 Å². The number of benzene rings is 1. The molecular weight excluding hydrogens is 298 g/mol. The molecule has 0 aliphatic carbocycles. The average Bonchev–Trinajstić information content (AvgIpc) is 3.20. The quantitative estimate of drug-likeness (QED) is 0.843. The van der Waals surface area contributed by atoms with Crippen LogP contribution in [0.3, 0.4) is 0 Å². The minimum absolute atomic E-state index is 0.0217. The molecule has 0 fully saturated rings. The minimum Gasteiger partial charge on any atom is -0.481 e. The van der Waals surface area contributed by atoms with Crippen LogP contribution < -0.4 is 19.5 Å². The van der Waals surface area contributed by atoms with E-state index < -0.39 is 0 Å². The number of aryl methyl sites for hydroxylation is 1. The zero-order valence-electron chi connectivity index (χ0n) is 12.9. The average molecular weight is 319 g/mol. The van der Waals surface area contributed by atoms with Gasteiger partial charge in [0.2, 0.25) is 12.5 Å². The lowest BCUT2D eigenvalue weighted by atomic mass is 10.2. The standard InChI is InChI=1S/C17H21NO3S/c1-3-12-7-8-16(22-12)13(9-10-18-2)21-15-6-4-5-14-17(15)20-11-19-14/h4-8,13,18H,3,9-11H2,1-2H3. The van der Waals surface area contributed by atoms with Gasteiger partial charge in [-0.2, -0.15) is 0 Å². The summed E-state index contributed by atoms with van der Waals surface area (Å²) < 4.78 is 17.2. The summed E-state index contributed by atoms with van der Waals surface area (Å²) >= 11 is 1.82. The van der Waals surface area contributed by atoms with Gasteiger partial charge in [0.25, 0.3) is 0 Å². The monoisotopic (exact) mass is 319 g/mol. The summed E-state index contributed by atoms with van der Waals surface area (Å²) in [6.07, 6.45) is 1.99. The number of nitrogens with one attached hydrogen (secondary N) is 1. The van der Waals surface area contributed by atoms with Gasteiger partial charge in [0, 0.05) is 16.2 Å². The molecule has 1 aliphatic heterocycles. The highest BCUT2D eigenvalue weighted by molar-refractivity contribution is 7.12. The summed E-state index contributed by atoms with van der Waals surface area (Å²) in [5.41, 5.74) is 0. The predicted octanol–water partition coefficient (Wildman–Crippen LogP) is 3.77. The van der Waals surface area contributed by atoms with Crippen molar-refractivity contribution in [3.05, 3.63) is 40.1 Å². The Morgan fingerprint density at radius 3 is 2.95 bits per heavy atom. The van der Waals surface area contributed by atoms with Crippen LogP contribution in [0.15, 0.2) is 30.3 Å². The lowest BCUT2D eigenvalue weighted by Gasteiger charge is -2.19. The Morgan fingerprint density at radius 2 is 2.18 bits per heavy atom. The van der Waals surface area contributed by atoms with E-state index in [2.05, 4.69) is 24.4 Å². The molecule has 1 atom stereocenters. The van der Waals surface area contributed by atoms with E-state index in [-0.39, 0.29) is 12.9 Å². The molecule has 0 saturated heterocycles. The molecule has 118 valence electrons.